The van der Waals surface area contributed by atoms with Crippen LogP contribution in [0.2, 0.25) is 0 Å². The first-order valence-electron chi connectivity index (χ1n) is 17.1. The van der Waals surface area contributed by atoms with Crippen molar-refractivity contribution in [2.45, 2.75) is 6.92 Å². The molecule has 0 amide bonds. The number of H-pyrrole nitrogens is 3. The molecule has 0 unspecified atom stereocenters. The van der Waals surface area contributed by atoms with Crippen LogP contribution in [0.1, 0.15) is 59.1 Å². The third-order valence-electron chi connectivity index (χ3n) is 8.01. The van der Waals surface area contributed by atoms with E-state index in [0.29, 0.717) is 45.8 Å². The number of pyridine rings is 5. The molecule has 18 nitrogen and oxygen atoms in total. The summed E-state index contributed by atoms with van der Waals surface area (Å²) in [5, 5.41) is 10.8. The Morgan fingerprint density at radius 3 is 1.56 bits per heavy atom. The zero-order valence-corrected chi connectivity index (χ0v) is 35.8. The molecule has 0 atom stereocenters. The summed E-state index contributed by atoms with van der Waals surface area (Å²) in [4.78, 5) is 83.1. The molecular weight excluding hydrogens is 821 g/mol. The SMILES string of the molecule is COC(=O)c1cc(-c2ccc3cccnc3n2)c[nH]1.COC(=O)c1cc(C(C)=O)c[nH]1.Cl.Nc1ncccc1C=O.O=C(O)c1cc(-c2ccc3cccnc3n2)c[nH]1.[Na+].[OH-]. The fourth-order valence-corrected chi connectivity index (χ4v) is 5.02. The summed E-state index contributed by atoms with van der Waals surface area (Å²) in [5.41, 5.74) is 11.4. The number of carbonyl (C=O) groups is 5. The number of methoxy groups -OCH3 is 2. The van der Waals surface area contributed by atoms with Crippen LogP contribution in [0.3, 0.4) is 0 Å². The van der Waals surface area contributed by atoms with Gasteiger partial charge >= 0.3 is 47.5 Å². The molecule has 8 aromatic heterocycles. The number of hydrogen-bond donors (Lipinski definition) is 5. The number of aromatic carboxylic acids is 1. The number of nitrogens with one attached hydrogen (secondary N) is 3. The second kappa shape index (κ2) is 24.1. The number of aldehydes is 1. The fourth-order valence-electron chi connectivity index (χ4n) is 5.02. The first kappa shape index (κ1) is 50.1. The maximum absolute atomic E-state index is 11.4. The minimum Gasteiger partial charge on any atom is -0.870 e. The van der Waals surface area contributed by atoms with Crippen molar-refractivity contribution in [2.75, 3.05) is 20.0 Å². The Balaban J connectivity index is 0.000000286. The Morgan fingerprint density at radius 1 is 0.672 bits per heavy atom. The molecule has 0 spiro atoms. The topological polar surface area (TPSA) is 292 Å². The van der Waals surface area contributed by atoms with E-state index in [1.165, 1.54) is 33.4 Å². The largest absolute Gasteiger partial charge is 1.00 e. The molecule has 8 rings (SSSR count). The van der Waals surface area contributed by atoms with E-state index in [0.717, 1.165) is 27.6 Å². The minimum atomic E-state index is -0.986. The van der Waals surface area contributed by atoms with Crippen LogP contribution in [0.5, 0.6) is 0 Å². The quantitative estimate of drug-likeness (QED) is 0.0664. The van der Waals surface area contributed by atoms with Crippen LogP contribution in [-0.2, 0) is 9.47 Å². The number of carboxylic acid groups (broad SMARTS) is 1. The Hall–Kier alpha value is -7.09. The number of aromatic amines is 3. The number of halogens is 1. The van der Waals surface area contributed by atoms with Crippen molar-refractivity contribution in [3.05, 3.63) is 144 Å². The molecule has 0 fully saturated rings. The van der Waals surface area contributed by atoms with Gasteiger partial charge < -0.3 is 40.7 Å². The van der Waals surface area contributed by atoms with Gasteiger partial charge in [0.1, 0.15) is 22.9 Å². The fraction of sp³-hybridized carbons (Fsp3) is 0.0732. The van der Waals surface area contributed by atoms with E-state index in [1.807, 2.05) is 48.5 Å². The summed E-state index contributed by atoms with van der Waals surface area (Å²) >= 11 is 0. The summed E-state index contributed by atoms with van der Waals surface area (Å²) in [7, 11) is 2.64. The van der Waals surface area contributed by atoms with E-state index >= 15 is 0 Å². The van der Waals surface area contributed by atoms with Gasteiger partial charge in [-0.3, -0.25) is 9.59 Å². The molecule has 0 saturated carbocycles. The van der Waals surface area contributed by atoms with Crippen molar-refractivity contribution >= 4 is 70.3 Å². The van der Waals surface area contributed by atoms with Gasteiger partial charge in [-0.05, 0) is 85.8 Å². The molecule has 61 heavy (non-hydrogen) atoms. The summed E-state index contributed by atoms with van der Waals surface area (Å²) in [6, 6.07) is 23.2. The monoisotopic (exact) mass is 857 g/mol. The molecule has 0 aliphatic rings. The molecule has 0 radical (unpaired) electrons. The van der Waals surface area contributed by atoms with Gasteiger partial charge in [0.05, 0.1) is 31.2 Å². The van der Waals surface area contributed by atoms with Crippen molar-refractivity contribution in [3.8, 4) is 22.5 Å². The average Bonchev–Trinajstić information content (AvgIpc) is 4.06. The minimum absolute atomic E-state index is 0. The van der Waals surface area contributed by atoms with E-state index < -0.39 is 17.9 Å². The zero-order chi connectivity index (χ0) is 41.6. The van der Waals surface area contributed by atoms with Gasteiger partial charge in [0.25, 0.3) is 0 Å². The first-order valence-corrected chi connectivity index (χ1v) is 17.1. The van der Waals surface area contributed by atoms with Gasteiger partial charge in [-0.1, -0.05) is 0 Å². The Morgan fingerprint density at radius 2 is 1.13 bits per heavy atom. The molecule has 20 heteroatoms. The number of esters is 2. The molecule has 0 aliphatic carbocycles. The number of hydrogen-bond acceptors (Lipinski definition) is 14. The van der Waals surface area contributed by atoms with Gasteiger partial charge in [-0.2, -0.15) is 0 Å². The van der Waals surface area contributed by atoms with Crippen LogP contribution < -0.4 is 35.3 Å². The van der Waals surface area contributed by atoms with Crippen molar-refractivity contribution < 1.29 is 73.6 Å². The van der Waals surface area contributed by atoms with E-state index in [1.54, 1.807) is 55.2 Å². The molecule has 308 valence electrons. The van der Waals surface area contributed by atoms with Crippen molar-refractivity contribution in [1.82, 2.24) is 39.9 Å². The average molecular weight is 858 g/mol. The van der Waals surface area contributed by atoms with Crippen LogP contribution in [0.15, 0.2) is 116 Å². The van der Waals surface area contributed by atoms with Crippen LogP contribution in [-0.4, -0.2) is 94.7 Å². The number of fused-ring (bicyclic) bond motifs is 2. The molecule has 0 aromatic carbocycles. The maximum Gasteiger partial charge on any atom is 1.00 e. The van der Waals surface area contributed by atoms with Gasteiger partial charge in [-0.15, -0.1) is 12.4 Å². The van der Waals surface area contributed by atoms with Crippen molar-refractivity contribution in [3.63, 3.8) is 0 Å². The molecule has 0 saturated heterocycles. The van der Waals surface area contributed by atoms with Crippen molar-refractivity contribution in [2.24, 2.45) is 0 Å². The van der Waals surface area contributed by atoms with Crippen LogP contribution >= 0.6 is 12.4 Å². The summed E-state index contributed by atoms with van der Waals surface area (Å²) < 4.78 is 9.10. The third-order valence-corrected chi connectivity index (χ3v) is 8.01. The summed E-state index contributed by atoms with van der Waals surface area (Å²) in [6.45, 7) is 1.43. The first-order chi connectivity index (χ1) is 28.0. The number of Topliss-reactive ketones (excluding diaryl/α,β-unsaturated/α-hetero) is 1. The number of rotatable bonds is 7. The van der Waals surface area contributed by atoms with Crippen LogP contribution in [0.25, 0.3) is 44.6 Å². The van der Waals surface area contributed by atoms with E-state index in [4.69, 9.17) is 10.8 Å². The molecule has 7 N–H and O–H groups in total. The second-order valence-electron chi connectivity index (χ2n) is 11.8. The predicted molar refractivity (Wildman–Crippen MR) is 222 cm³/mol. The summed E-state index contributed by atoms with van der Waals surface area (Å²) in [6.07, 6.45) is 10.4. The molecule has 0 aliphatic heterocycles. The Labute approximate surface area is 375 Å². The van der Waals surface area contributed by atoms with Crippen LogP contribution in [0, 0.1) is 0 Å². The van der Waals surface area contributed by atoms with Gasteiger partial charge in [-0.25, -0.2) is 39.3 Å². The number of nitrogens with zero attached hydrogens (tertiary/aromatic N) is 5. The van der Waals surface area contributed by atoms with Crippen molar-refractivity contribution in [1.29, 1.82) is 0 Å². The normalized spacial score (nSPS) is 9.62. The van der Waals surface area contributed by atoms with E-state index in [9.17, 15) is 24.0 Å². The molecule has 8 heterocycles. The number of ketones is 1. The Bertz CT molecular complexity index is 2740. The number of nitrogens with two attached hydrogens (primary N) is 1. The third kappa shape index (κ3) is 13.5. The molecule has 0 bridgehead atoms. The zero-order valence-electron chi connectivity index (χ0n) is 33.0. The standard InChI is InChI=1S/C14H11N3O2.C13H9N3O2.C8H9NO3.C6H6N2O.ClH.Na.H2O/c1-19-14(18)12-7-10(8-16-12)11-5-4-9-3-2-6-15-13(9)17-11;17-13(18)11-6-9(7-15-11)10-4-3-8-2-1-5-14-12(8)16-10;1-5(10)6-3-7(9-4-6)8(11)12-2;7-6-5(4-9)2-1-3-8-6;;;/h2-8,16H,1H3;1-7,15H,(H,17,18);3-4,9H,1-2H3;1-4H,(H2,7,8);1H;;1H2/q;;;;;+1;/p-1. The van der Waals surface area contributed by atoms with Crippen LogP contribution in [0.4, 0.5) is 5.82 Å². The van der Waals surface area contributed by atoms with Gasteiger partial charge in [0.2, 0.25) is 0 Å². The van der Waals surface area contributed by atoms with Gasteiger partial charge in [0, 0.05) is 64.6 Å². The number of nitrogen functional groups attached to an aromatic ring is 1. The predicted octanol–water partition coefficient (Wildman–Crippen LogP) is 3.46. The second-order valence-corrected chi connectivity index (χ2v) is 11.8. The molecule has 8 aromatic rings. The summed E-state index contributed by atoms with van der Waals surface area (Å²) in [5.74, 6) is -1.65. The number of anilines is 1. The number of carboxylic acids is 1. The van der Waals surface area contributed by atoms with Gasteiger partial charge in [0.15, 0.2) is 23.4 Å². The van der Waals surface area contributed by atoms with E-state index in [-0.39, 0.29) is 64.7 Å². The maximum atomic E-state index is 11.4. The molecular formula is C41H37ClN9NaO9. The number of ether oxygens (including phenoxy) is 2. The smallest absolute Gasteiger partial charge is 0.870 e. The Kier molecular flexibility index (Phi) is 19.8. The van der Waals surface area contributed by atoms with E-state index in [2.05, 4.69) is 49.3 Å². The number of carbonyl (C=O) groups excluding carboxylic acids is 4. The number of aromatic nitrogens is 8.